The third-order valence-corrected chi connectivity index (χ3v) is 5.46. The Morgan fingerprint density at radius 1 is 1.31 bits per heavy atom. The zero-order valence-electron chi connectivity index (χ0n) is 15.3. The second-order valence-electron chi connectivity index (χ2n) is 6.10. The summed E-state index contributed by atoms with van der Waals surface area (Å²) >= 11 is 7.60. The van der Waals surface area contributed by atoms with Gasteiger partial charge >= 0.3 is 0 Å². The fraction of sp³-hybridized carbons (Fsp3) is 0.263. The summed E-state index contributed by atoms with van der Waals surface area (Å²) in [5.74, 6) is -4.20. The number of benzene rings is 2. The van der Waals surface area contributed by atoms with Gasteiger partial charge in [0.15, 0.2) is 17.5 Å². The third-order valence-electron chi connectivity index (χ3n) is 3.63. The average molecular weight is 447 g/mol. The number of hydrogen-bond acceptors (Lipinski definition) is 5. The number of oxime groups is 1. The standard InChI is InChI=1S/C19H18ClF3N2O3S/c1-11(9-28-5-4-24-27)10-29-17-6-12(2-3-14(17)20)19(26)25-13-7-15(21)18(23)16(22)8-13/h2-4,6-8,11,27H,5,9-10H2,1H3,(H,25,26)/b24-4+. The largest absolute Gasteiger partial charge is 0.411 e. The van der Waals surface area contributed by atoms with Crippen molar-refractivity contribution in [2.24, 2.45) is 11.1 Å². The van der Waals surface area contributed by atoms with E-state index in [1.165, 1.54) is 24.0 Å². The molecule has 10 heteroatoms. The molecule has 1 atom stereocenters. The SMILES string of the molecule is CC(COC/C=N/O)CSc1cc(C(=O)Nc2cc(F)c(F)c(F)c2)ccc1Cl. The van der Waals surface area contributed by atoms with Crippen molar-refractivity contribution in [3.05, 3.63) is 58.4 Å². The van der Waals surface area contributed by atoms with E-state index in [1.54, 1.807) is 12.1 Å². The highest BCUT2D eigenvalue weighted by Crippen LogP contribution is 2.30. The Morgan fingerprint density at radius 2 is 2.00 bits per heavy atom. The fourth-order valence-corrected chi connectivity index (χ4v) is 3.48. The van der Waals surface area contributed by atoms with Crippen LogP contribution in [-0.2, 0) is 4.74 Å². The highest BCUT2D eigenvalue weighted by atomic mass is 35.5. The Morgan fingerprint density at radius 3 is 2.66 bits per heavy atom. The van der Waals surface area contributed by atoms with Gasteiger partial charge in [0, 0.05) is 34.0 Å². The minimum atomic E-state index is -1.60. The summed E-state index contributed by atoms with van der Waals surface area (Å²) in [6, 6.07) is 5.98. The smallest absolute Gasteiger partial charge is 0.255 e. The van der Waals surface area contributed by atoms with E-state index in [0.29, 0.717) is 34.4 Å². The highest BCUT2D eigenvalue weighted by molar-refractivity contribution is 7.99. The molecule has 0 heterocycles. The van der Waals surface area contributed by atoms with E-state index < -0.39 is 23.4 Å². The molecule has 0 aromatic heterocycles. The summed E-state index contributed by atoms with van der Waals surface area (Å²) in [6.45, 7) is 2.61. The second kappa shape index (κ2) is 11.1. The lowest BCUT2D eigenvalue weighted by atomic mass is 10.2. The van der Waals surface area contributed by atoms with Crippen molar-refractivity contribution in [2.75, 3.05) is 24.3 Å². The lowest BCUT2D eigenvalue weighted by Gasteiger charge is -2.12. The zero-order valence-corrected chi connectivity index (χ0v) is 16.9. The molecule has 0 saturated carbocycles. The van der Waals surface area contributed by atoms with Gasteiger partial charge in [-0.3, -0.25) is 4.79 Å². The van der Waals surface area contributed by atoms with Gasteiger partial charge in [-0.05, 0) is 24.1 Å². The van der Waals surface area contributed by atoms with Crippen LogP contribution in [0.2, 0.25) is 5.02 Å². The quantitative estimate of drug-likeness (QED) is 0.138. The molecule has 2 rings (SSSR count). The summed E-state index contributed by atoms with van der Waals surface area (Å²) in [7, 11) is 0. The van der Waals surface area contributed by atoms with Gasteiger partial charge in [0.05, 0.1) is 24.5 Å². The summed E-state index contributed by atoms with van der Waals surface area (Å²) in [4.78, 5) is 13.0. The maximum atomic E-state index is 13.3. The zero-order chi connectivity index (χ0) is 21.4. The molecule has 0 aliphatic heterocycles. The van der Waals surface area contributed by atoms with Crippen LogP contribution in [0.1, 0.15) is 17.3 Å². The van der Waals surface area contributed by atoms with Gasteiger partial charge in [0.1, 0.15) is 0 Å². The van der Waals surface area contributed by atoms with Gasteiger partial charge in [-0.1, -0.05) is 23.7 Å². The molecule has 156 valence electrons. The lowest BCUT2D eigenvalue weighted by Crippen LogP contribution is -2.13. The average Bonchev–Trinajstić information content (AvgIpc) is 2.68. The molecular weight excluding hydrogens is 429 g/mol. The lowest BCUT2D eigenvalue weighted by molar-refractivity contribution is 0.102. The minimum absolute atomic E-state index is 0.158. The maximum absolute atomic E-state index is 13.3. The van der Waals surface area contributed by atoms with Crippen molar-refractivity contribution in [3.8, 4) is 0 Å². The van der Waals surface area contributed by atoms with Gasteiger partial charge in [0.2, 0.25) is 0 Å². The minimum Gasteiger partial charge on any atom is -0.411 e. The number of rotatable bonds is 9. The summed E-state index contributed by atoms with van der Waals surface area (Å²) in [5, 5.41) is 13.9. The molecule has 2 aromatic rings. The third kappa shape index (κ3) is 6.95. The van der Waals surface area contributed by atoms with E-state index in [2.05, 4.69) is 10.5 Å². The molecule has 1 amide bonds. The van der Waals surface area contributed by atoms with Crippen molar-refractivity contribution >= 4 is 41.2 Å². The van der Waals surface area contributed by atoms with Crippen LogP contribution in [0, 0.1) is 23.4 Å². The molecule has 2 N–H and O–H groups in total. The maximum Gasteiger partial charge on any atom is 0.255 e. The summed E-state index contributed by atoms with van der Waals surface area (Å²) in [5.41, 5.74) is 0.0258. The van der Waals surface area contributed by atoms with Crippen LogP contribution in [0.25, 0.3) is 0 Å². The van der Waals surface area contributed by atoms with Gasteiger partial charge in [-0.25, -0.2) is 13.2 Å². The first kappa shape index (κ1) is 23.1. The Hall–Kier alpha value is -2.23. The topological polar surface area (TPSA) is 70.9 Å². The molecular formula is C19H18ClF3N2O3S. The fourth-order valence-electron chi connectivity index (χ4n) is 2.22. The van der Waals surface area contributed by atoms with E-state index in [9.17, 15) is 18.0 Å². The number of anilines is 1. The monoisotopic (exact) mass is 446 g/mol. The number of thioether (sulfide) groups is 1. The van der Waals surface area contributed by atoms with Crippen LogP contribution in [0.4, 0.5) is 18.9 Å². The van der Waals surface area contributed by atoms with Gasteiger partial charge in [-0.2, -0.15) is 0 Å². The number of carbonyl (C=O) groups excluding carboxylic acids is 1. The van der Waals surface area contributed by atoms with E-state index in [0.717, 1.165) is 0 Å². The first-order chi connectivity index (χ1) is 13.8. The molecule has 0 aliphatic rings. The van der Waals surface area contributed by atoms with Gasteiger partial charge in [0.25, 0.3) is 5.91 Å². The van der Waals surface area contributed by atoms with Crippen molar-refractivity contribution in [1.29, 1.82) is 0 Å². The number of nitrogens with one attached hydrogen (secondary N) is 1. The van der Waals surface area contributed by atoms with Crippen molar-refractivity contribution < 1.29 is 27.9 Å². The van der Waals surface area contributed by atoms with E-state index in [-0.39, 0.29) is 23.8 Å². The number of ether oxygens (including phenoxy) is 1. The first-order valence-electron chi connectivity index (χ1n) is 8.43. The van der Waals surface area contributed by atoms with Crippen LogP contribution in [-0.4, -0.2) is 36.3 Å². The molecule has 0 radical (unpaired) electrons. The highest BCUT2D eigenvalue weighted by Gasteiger charge is 2.15. The summed E-state index contributed by atoms with van der Waals surface area (Å²) in [6.07, 6.45) is 1.23. The van der Waals surface area contributed by atoms with E-state index in [4.69, 9.17) is 21.5 Å². The van der Waals surface area contributed by atoms with E-state index >= 15 is 0 Å². The van der Waals surface area contributed by atoms with Crippen LogP contribution in [0.5, 0.6) is 0 Å². The molecule has 0 bridgehead atoms. The Bertz CT molecular complexity index is 876. The van der Waals surface area contributed by atoms with Gasteiger partial charge in [-0.15, -0.1) is 11.8 Å². The number of hydrogen-bond donors (Lipinski definition) is 2. The predicted octanol–water partition coefficient (Wildman–Crippen LogP) is 5.21. The molecule has 0 spiro atoms. The summed E-state index contributed by atoms with van der Waals surface area (Å²) < 4.78 is 44.9. The van der Waals surface area contributed by atoms with Crippen LogP contribution >= 0.6 is 23.4 Å². The Labute approximate surface area is 174 Å². The number of halogens is 4. The number of carbonyl (C=O) groups is 1. The second-order valence-corrected chi connectivity index (χ2v) is 7.57. The van der Waals surface area contributed by atoms with Crippen LogP contribution < -0.4 is 5.32 Å². The predicted molar refractivity (Wildman–Crippen MR) is 107 cm³/mol. The molecule has 0 fully saturated rings. The van der Waals surface area contributed by atoms with Gasteiger partial charge < -0.3 is 15.3 Å². The number of amides is 1. The normalized spacial score (nSPS) is 12.3. The molecule has 29 heavy (non-hydrogen) atoms. The molecule has 2 aromatic carbocycles. The molecule has 0 aliphatic carbocycles. The number of nitrogens with zero attached hydrogens (tertiary/aromatic N) is 1. The van der Waals surface area contributed by atoms with Crippen molar-refractivity contribution in [3.63, 3.8) is 0 Å². The van der Waals surface area contributed by atoms with E-state index in [1.807, 2.05) is 6.92 Å². The molecule has 1 unspecified atom stereocenters. The Balaban J connectivity index is 2.01. The molecule has 5 nitrogen and oxygen atoms in total. The molecule has 0 saturated heterocycles. The van der Waals surface area contributed by atoms with Crippen LogP contribution in [0.3, 0.4) is 0 Å². The Kier molecular flexibility index (Phi) is 8.81. The van der Waals surface area contributed by atoms with Crippen molar-refractivity contribution in [2.45, 2.75) is 11.8 Å². The van der Waals surface area contributed by atoms with Crippen LogP contribution in [0.15, 0.2) is 40.4 Å². The first-order valence-corrected chi connectivity index (χ1v) is 9.80. The van der Waals surface area contributed by atoms with Crippen molar-refractivity contribution in [1.82, 2.24) is 0 Å².